The van der Waals surface area contributed by atoms with Gasteiger partial charge in [-0.3, -0.25) is 4.79 Å². The smallest absolute Gasteiger partial charge is 0.179 e. The molecule has 1 rings (SSSR count). The fourth-order valence-electron chi connectivity index (χ4n) is 1.92. The third kappa shape index (κ3) is 4.76. The van der Waals surface area contributed by atoms with Gasteiger partial charge in [-0.1, -0.05) is 26.8 Å². The molecule has 0 aromatic carbocycles. The SMILES string of the molecule is C[C@H](CC(=O)C1=CCCC1)O[SiH](C)C(C)(C)C. The van der Waals surface area contributed by atoms with Crippen LogP contribution in [0, 0.1) is 0 Å². The molecule has 2 atom stereocenters. The van der Waals surface area contributed by atoms with Gasteiger partial charge in [-0.15, -0.1) is 0 Å². The Morgan fingerprint density at radius 1 is 1.53 bits per heavy atom. The van der Waals surface area contributed by atoms with Crippen LogP contribution in [0.3, 0.4) is 0 Å². The Morgan fingerprint density at radius 3 is 2.65 bits per heavy atom. The van der Waals surface area contributed by atoms with E-state index in [-0.39, 0.29) is 11.1 Å². The normalized spacial score (nSPS) is 19.9. The molecule has 0 radical (unpaired) electrons. The van der Waals surface area contributed by atoms with Crippen LogP contribution in [-0.2, 0) is 9.22 Å². The average molecular weight is 254 g/mol. The summed E-state index contributed by atoms with van der Waals surface area (Å²) in [4.78, 5) is 12.0. The number of ketones is 1. The van der Waals surface area contributed by atoms with Crippen LogP contribution in [0.5, 0.6) is 0 Å². The van der Waals surface area contributed by atoms with Crippen LogP contribution in [0.2, 0.25) is 11.6 Å². The molecule has 0 fully saturated rings. The molecular formula is C14H26O2Si. The second kappa shape index (κ2) is 5.96. The van der Waals surface area contributed by atoms with Gasteiger partial charge in [0.15, 0.2) is 14.8 Å². The van der Waals surface area contributed by atoms with Crippen LogP contribution in [0.15, 0.2) is 11.6 Å². The summed E-state index contributed by atoms with van der Waals surface area (Å²) in [5.41, 5.74) is 1.03. The van der Waals surface area contributed by atoms with Crippen molar-refractivity contribution in [1.82, 2.24) is 0 Å². The molecule has 2 nitrogen and oxygen atoms in total. The number of allylic oxidation sites excluding steroid dienone is 2. The summed E-state index contributed by atoms with van der Waals surface area (Å²) >= 11 is 0. The molecule has 0 spiro atoms. The minimum absolute atomic E-state index is 0.0740. The lowest BCUT2D eigenvalue weighted by Gasteiger charge is -2.28. The Morgan fingerprint density at radius 2 is 2.18 bits per heavy atom. The summed E-state index contributed by atoms with van der Waals surface area (Å²) in [6.07, 6.45) is 5.91. The summed E-state index contributed by atoms with van der Waals surface area (Å²) in [5.74, 6) is 0.296. The molecule has 1 unspecified atom stereocenters. The van der Waals surface area contributed by atoms with Gasteiger partial charge in [0.1, 0.15) is 0 Å². The van der Waals surface area contributed by atoms with Gasteiger partial charge in [0.2, 0.25) is 0 Å². The second-order valence-electron chi connectivity index (χ2n) is 6.20. The number of hydrogen-bond acceptors (Lipinski definition) is 2. The van der Waals surface area contributed by atoms with Crippen molar-refractivity contribution in [3.8, 4) is 0 Å². The van der Waals surface area contributed by atoms with Gasteiger partial charge in [0, 0.05) is 12.5 Å². The minimum Gasteiger partial charge on any atom is -0.417 e. The molecule has 1 aliphatic carbocycles. The van der Waals surface area contributed by atoms with Gasteiger partial charge in [-0.25, -0.2) is 0 Å². The fourth-order valence-corrected chi connectivity index (χ4v) is 3.12. The van der Waals surface area contributed by atoms with Crippen molar-refractivity contribution in [2.24, 2.45) is 0 Å². The predicted octanol–water partition coefficient (Wildman–Crippen LogP) is 3.61. The van der Waals surface area contributed by atoms with Crippen LogP contribution in [0.4, 0.5) is 0 Å². The van der Waals surface area contributed by atoms with E-state index in [4.69, 9.17) is 4.43 Å². The molecule has 0 aromatic rings. The Balaban J connectivity index is 2.39. The summed E-state index contributed by atoms with van der Waals surface area (Å²) in [7, 11) is -1.21. The molecule has 0 saturated carbocycles. The first-order chi connectivity index (χ1) is 7.80. The van der Waals surface area contributed by atoms with Gasteiger partial charge in [-0.2, -0.15) is 0 Å². The fraction of sp³-hybridized carbons (Fsp3) is 0.786. The van der Waals surface area contributed by atoms with Crippen molar-refractivity contribution in [1.29, 1.82) is 0 Å². The average Bonchev–Trinajstić information content (AvgIpc) is 2.68. The predicted molar refractivity (Wildman–Crippen MR) is 74.8 cm³/mol. The number of carbonyl (C=O) groups is 1. The third-order valence-electron chi connectivity index (χ3n) is 3.53. The number of rotatable bonds is 5. The van der Waals surface area contributed by atoms with Crippen molar-refractivity contribution in [3.05, 3.63) is 11.6 Å². The van der Waals surface area contributed by atoms with Crippen LogP contribution in [0.1, 0.15) is 53.4 Å². The van der Waals surface area contributed by atoms with Crippen molar-refractivity contribution < 1.29 is 9.22 Å². The highest BCUT2D eigenvalue weighted by atomic mass is 28.3. The zero-order valence-corrected chi connectivity index (χ0v) is 13.0. The highest BCUT2D eigenvalue weighted by Gasteiger charge is 2.26. The summed E-state index contributed by atoms with van der Waals surface area (Å²) in [6.45, 7) is 10.9. The largest absolute Gasteiger partial charge is 0.417 e. The first-order valence-corrected chi connectivity index (χ1v) is 8.88. The van der Waals surface area contributed by atoms with E-state index in [1.165, 1.54) is 0 Å². The topological polar surface area (TPSA) is 26.3 Å². The Bertz CT molecular complexity index is 302. The van der Waals surface area contributed by atoms with Crippen LogP contribution < -0.4 is 0 Å². The van der Waals surface area contributed by atoms with E-state index in [1.54, 1.807) is 0 Å². The minimum atomic E-state index is -1.21. The molecule has 98 valence electrons. The molecule has 0 saturated heterocycles. The van der Waals surface area contributed by atoms with E-state index in [0.717, 1.165) is 24.8 Å². The zero-order valence-electron chi connectivity index (χ0n) is 11.9. The molecule has 0 amide bonds. The molecule has 17 heavy (non-hydrogen) atoms. The molecule has 0 heterocycles. The maximum absolute atomic E-state index is 12.0. The van der Waals surface area contributed by atoms with Crippen LogP contribution >= 0.6 is 0 Å². The lowest BCUT2D eigenvalue weighted by atomic mass is 10.1. The maximum atomic E-state index is 12.0. The first-order valence-electron chi connectivity index (χ1n) is 6.68. The quantitative estimate of drug-likeness (QED) is 0.701. The van der Waals surface area contributed by atoms with Gasteiger partial charge in [0.05, 0.1) is 0 Å². The van der Waals surface area contributed by atoms with E-state index in [9.17, 15) is 4.79 Å². The van der Waals surface area contributed by atoms with E-state index >= 15 is 0 Å². The zero-order chi connectivity index (χ0) is 13.1. The van der Waals surface area contributed by atoms with Gasteiger partial charge in [0.25, 0.3) is 0 Å². The number of Topliss-reactive ketones (excluding diaryl/α,β-unsaturated/α-hetero) is 1. The Labute approximate surface area is 107 Å². The summed E-state index contributed by atoms with van der Waals surface area (Å²) in [6, 6.07) is 0. The highest BCUT2D eigenvalue weighted by molar-refractivity contribution is 6.53. The Kier molecular flexibility index (Phi) is 5.14. The van der Waals surface area contributed by atoms with Gasteiger partial charge in [-0.05, 0) is 43.3 Å². The third-order valence-corrected chi connectivity index (χ3v) is 6.84. The van der Waals surface area contributed by atoms with Crippen LogP contribution in [0.25, 0.3) is 0 Å². The first kappa shape index (κ1) is 14.6. The van der Waals surface area contributed by atoms with Crippen molar-refractivity contribution in [2.75, 3.05) is 0 Å². The maximum Gasteiger partial charge on any atom is 0.179 e. The lowest BCUT2D eigenvalue weighted by molar-refractivity contribution is -0.117. The molecule has 3 heteroatoms. The van der Waals surface area contributed by atoms with Gasteiger partial charge >= 0.3 is 0 Å². The monoisotopic (exact) mass is 254 g/mol. The van der Waals surface area contributed by atoms with E-state index in [1.807, 2.05) is 6.92 Å². The van der Waals surface area contributed by atoms with Gasteiger partial charge < -0.3 is 4.43 Å². The molecular weight excluding hydrogens is 228 g/mol. The van der Waals surface area contributed by atoms with E-state index < -0.39 is 9.04 Å². The lowest BCUT2D eigenvalue weighted by Crippen LogP contribution is -2.31. The van der Waals surface area contributed by atoms with Crippen LogP contribution in [-0.4, -0.2) is 20.9 Å². The molecule has 0 aliphatic heterocycles. The molecule has 0 bridgehead atoms. The number of carbonyl (C=O) groups excluding carboxylic acids is 1. The van der Waals surface area contributed by atoms with Crippen molar-refractivity contribution >= 4 is 14.8 Å². The molecule has 0 aromatic heterocycles. The van der Waals surface area contributed by atoms with Crippen molar-refractivity contribution in [3.63, 3.8) is 0 Å². The highest BCUT2D eigenvalue weighted by Crippen LogP contribution is 2.28. The second-order valence-corrected chi connectivity index (χ2v) is 9.49. The number of hydrogen-bond donors (Lipinski definition) is 0. The van der Waals surface area contributed by atoms with Crippen molar-refractivity contribution in [2.45, 2.75) is 71.1 Å². The standard InChI is InChI=1S/C14H26O2Si/c1-11(16-17(5)14(2,3)4)10-13(15)12-8-6-7-9-12/h8,11,17H,6-7,9-10H2,1-5H3/t11-,17?/m1/s1. The summed E-state index contributed by atoms with van der Waals surface area (Å²) < 4.78 is 6.04. The van der Waals surface area contributed by atoms with E-state index in [2.05, 4.69) is 33.4 Å². The Hall–Kier alpha value is -0.413. The van der Waals surface area contributed by atoms with E-state index in [0.29, 0.717) is 12.2 Å². The molecule has 0 N–H and O–H groups in total. The summed E-state index contributed by atoms with van der Waals surface area (Å²) in [5, 5.41) is 0.268. The molecule has 1 aliphatic rings.